The summed E-state index contributed by atoms with van der Waals surface area (Å²) in [6.07, 6.45) is 1.76. The molecule has 1 heterocycles. The lowest BCUT2D eigenvalue weighted by molar-refractivity contribution is -0.144. The average molecular weight is 376 g/mol. The van der Waals surface area contributed by atoms with Gasteiger partial charge in [-0.2, -0.15) is 0 Å². The third-order valence-electron chi connectivity index (χ3n) is 4.07. The highest BCUT2D eigenvalue weighted by molar-refractivity contribution is 9.10. The van der Waals surface area contributed by atoms with Crippen molar-refractivity contribution < 1.29 is 14.3 Å². The summed E-state index contributed by atoms with van der Waals surface area (Å²) in [7, 11) is 0. The van der Waals surface area contributed by atoms with E-state index in [4.69, 9.17) is 4.74 Å². The number of aromatic nitrogens is 1. The van der Waals surface area contributed by atoms with E-state index < -0.39 is 0 Å². The van der Waals surface area contributed by atoms with Gasteiger partial charge in [0.25, 0.3) is 0 Å². The van der Waals surface area contributed by atoms with Crippen LogP contribution in [0.2, 0.25) is 0 Å². The molecule has 1 aromatic heterocycles. The molecule has 0 aliphatic heterocycles. The number of carbonyl (C=O) groups is 2. The molecule has 0 spiro atoms. The molecule has 0 saturated heterocycles. The quantitative estimate of drug-likeness (QED) is 0.586. The summed E-state index contributed by atoms with van der Waals surface area (Å²) in [6, 6.07) is 9.77. The number of hydrogen-bond acceptors (Lipinski definition) is 3. The van der Waals surface area contributed by atoms with Crippen molar-refractivity contribution in [3.05, 3.63) is 51.8 Å². The Bertz CT molecular complexity index is 757. The van der Waals surface area contributed by atoms with Gasteiger partial charge in [0.15, 0.2) is 6.61 Å². The van der Waals surface area contributed by atoms with Crippen LogP contribution in [0.1, 0.15) is 34.6 Å². The molecule has 0 radical (unpaired) electrons. The number of ketones is 1. The van der Waals surface area contributed by atoms with Gasteiger partial charge in [0, 0.05) is 27.1 Å². The molecule has 23 heavy (non-hydrogen) atoms. The minimum absolute atomic E-state index is 0.0120. The van der Waals surface area contributed by atoms with Crippen molar-refractivity contribution in [2.24, 2.45) is 5.92 Å². The largest absolute Gasteiger partial charge is 0.457 e. The number of benzene rings is 1. The molecule has 1 aliphatic rings. The number of Topliss-reactive ketones (excluding diaryl/α,β-unsaturated/α-hetero) is 1. The molecule has 0 N–H and O–H groups in total. The van der Waals surface area contributed by atoms with Crippen LogP contribution in [0.25, 0.3) is 5.69 Å². The molecule has 0 amide bonds. The summed E-state index contributed by atoms with van der Waals surface area (Å²) < 4.78 is 8.14. The Kier molecular flexibility index (Phi) is 4.39. The maximum absolute atomic E-state index is 12.4. The molecule has 1 aliphatic carbocycles. The molecule has 0 bridgehead atoms. The fraction of sp³-hybridized carbons (Fsp3) is 0.333. The first-order valence-corrected chi connectivity index (χ1v) is 8.41. The van der Waals surface area contributed by atoms with Gasteiger partial charge in [0.1, 0.15) is 0 Å². The normalized spacial score (nSPS) is 13.9. The Morgan fingerprint density at radius 2 is 1.87 bits per heavy atom. The summed E-state index contributed by atoms with van der Waals surface area (Å²) in [5.41, 5.74) is 3.44. The van der Waals surface area contributed by atoms with Gasteiger partial charge < -0.3 is 9.30 Å². The summed E-state index contributed by atoms with van der Waals surface area (Å²) in [4.78, 5) is 23.9. The number of rotatable bonds is 5. The fourth-order valence-electron chi connectivity index (χ4n) is 2.68. The van der Waals surface area contributed by atoms with E-state index >= 15 is 0 Å². The number of hydrogen-bond donors (Lipinski definition) is 0. The Balaban J connectivity index is 1.80. The molecule has 0 unspecified atom stereocenters. The van der Waals surface area contributed by atoms with Crippen LogP contribution in [0.15, 0.2) is 34.8 Å². The average Bonchev–Trinajstić information content (AvgIpc) is 3.32. The first kappa shape index (κ1) is 16.0. The van der Waals surface area contributed by atoms with E-state index in [0.29, 0.717) is 5.56 Å². The first-order chi connectivity index (χ1) is 11.0. The standard InChI is InChI=1S/C18H18BrNO3/c1-11-9-16(17(21)10-23-18(22)13-3-4-13)12(2)20(11)15-7-5-14(19)6-8-15/h5-9,13H,3-4,10H2,1-2H3. The van der Waals surface area contributed by atoms with Crippen molar-refractivity contribution in [2.75, 3.05) is 6.61 Å². The topological polar surface area (TPSA) is 48.3 Å². The van der Waals surface area contributed by atoms with Crippen LogP contribution < -0.4 is 0 Å². The van der Waals surface area contributed by atoms with Gasteiger partial charge in [0.05, 0.1) is 5.92 Å². The monoisotopic (exact) mass is 375 g/mol. The van der Waals surface area contributed by atoms with E-state index in [0.717, 1.165) is 34.4 Å². The van der Waals surface area contributed by atoms with Gasteiger partial charge in [0.2, 0.25) is 5.78 Å². The number of ether oxygens (including phenoxy) is 1. The van der Waals surface area contributed by atoms with Crippen LogP contribution in [-0.4, -0.2) is 22.9 Å². The molecule has 4 nitrogen and oxygen atoms in total. The molecule has 1 fully saturated rings. The van der Waals surface area contributed by atoms with Crippen molar-refractivity contribution >= 4 is 27.7 Å². The lowest BCUT2D eigenvalue weighted by Crippen LogP contribution is -2.15. The van der Waals surface area contributed by atoms with Gasteiger partial charge in [-0.25, -0.2) is 0 Å². The fourth-order valence-corrected chi connectivity index (χ4v) is 2.95. The molecule has 120 valence electrons. The second-order valence-corrected chi connectivity index (χ2v) is 6.82. The molecular formula is C18H18BrNO3. The lowest BCUT2D eigenvalue weighted by Gasteiger charge is -2.10. The van der Waals surface area contributed by atoms with Crippen LogP contribution in [0.3, 0.4) is 0 Å². The second kappa shape index (κ2) is 6.32. The number of aryl methyl sites for hydroxylation is 1. The van der Waals surface area contributed by atoms with Crippen molar-refractivity contribution in [3.63, 3.8) is 0 Å². The Morgan fingerprint density at radius 3 is 2.48 bits per heavy atom. The van der Waals surface area contributed by atoms with Crippen molar-refractivity contribution in [2.45, 2.75) is 26.7 Å². The predicted molar refractivity (Wildman–Crippen MR) is 91.0 cm³/mol. The van der Waals surface area contributed by atoms with Crippen molar-refractivity contribution in [1.29, 1.82) is 0 Å². The summed E-state index contributed by atoms with van der Waals surface area (Å²) in [5, 5.41) is 0. The third-order valence-corrected chi connectivity index (χ3v) is 4.60. The van der Waals surface area contributed by atoms with Crippen LogP contribution >= 0.6 is 15.9 Å². The molecule has 3 rings (SSSR count). The highest BCUT2D eigenvalue weighted by atomic mass is 79.9. The Labute approximate surface area is 143 Å². The van der Waals surface area contributed by atoms with Gasteiger partial charge in [-0.1, -0.05) is 15.9 Å². The molecule has 5 heteroatoms. The number of carbonyl (C=O) groups excluding carboxylic acids is 2. The van der Waals surface area contributed by atoms with E-state index in [-0.39, 0.29) is 24.3 Å². The van der Waals surface area contributed by atoms with Gasteiger partial charge in [-0.15, -0.1) is 0 Å². The highest BCUT2D eigenvalue weighted by Gasteiger charge is 2.31. The van der Waals surface area contributed by atoms with Gasteiger partial charge >= 0.3 is 5.97 Å². The van der Waals surface area contributed by atoms with Crippen LogP contribution in [0, 0.1) is 19.8 Å². The van der Waals surface area contributed by atoms with E-state index in [1.54, 1.807) is 0 Å². The second-order valence-electron chi connectivity index (χ2n) is 5.90. The van der Waals surface area contributed by atoms with E-state index in [1.165, 1.54) is 0 Å². The molecule has 0 atom stereocenters. The zero-order chi connectivity index (χ0) is 16.6. The lowest BCUT2D eigenvalue weighted by atomic mass is 10.1. The SMILES string of the molecule is Cc1cc(C(=O)COC(=O)C2CC2)c(C)n1-c1ccc(Br)cc1. The number of halogens is 1. The van der Waals surface area contributed by atoms with Crippen molar-refractivity contribution in [1.82, 2.24) is 4.57 Å². The summed E-state index contributed by atoms with van der Waals surface area (Å²) in [6.45, 7) is 3.69. The van der Waals surface area contributed by atoms with E-state index in [9.17, 15) is 9.59 Å². The van der Waals surface area contributed by atoms with E-state index in [2.05, 4.69) is 15.9 Å². The molecular weight excluding hydrogens is 358 g/mol. The van der Waals surface area contributed by atoms with Crippen LogP contribution in [0.4, 0.5) is 0 Å². The highest BCUT2D eigenvalue weighted by Crippen LogP contribution is 2.30. The van der Waals surface area contributed by atoms with E-state index in [1.807, 2.05) is 48.7 Å². The zero-order valence-corrected chi connectivity index (χ0v) is 14.7. The molecule has 1 aromatic carbocycles. The maximum Gasteiger partial charge on any atom is 0.309 e. The Hall–Kier alpha value is -1.88. The zero-order valence-electron chi connectivity index (χ0n) is 13.1. The molecule has 2 aromatic rings. The summed E-state index contributed by atoms with van der Waals surface area (Å²) in [5.74, 6) is -0.395. The maximum atomic E-state index is 12.4. The smallest absolute Gasteiger partial charge is 0.309 e. The number of esters is 1. The predicted octanol–water partition coefficient (Wildman–Crippen LogP) is 3.99. The van der Waals surface area contributed by atoms with Gasteiger partial charge in [-0.05, 0) is 57.0 Å². The number of nitrogens with zero attached hydrogens (tertiary/aromatic N) is 1. The minimum atomic E-state index is -0.250. The van der Waals surface area contributed by atoms with Crippen molar-refractivity contribution in [3.8, 4) is 5.69 Å². The first-order valence-electron chi connectivity index (χ1n) is 7.62. The third kappa shape index (κ3) is 3.39. The Morgan fingerprint density at radius 1 is 1.22 bits per heavy atom. The summed E-state index contributed by atoms with van der Waals surface area (Å²) >= 11 is 3.42. The van der Waals surface area contributed by atoms with Gasteiger partial charge in [-0.3, -0.25) is 9.59 Å². The van der Waals surface area contributed by atoms with Crippen LogP contribution in [-0.2, 0) is 9.53 Å². The van der Waals surface area contributed by atoms with Crippen LogP contribution in [0.5, 0.6) is 0 Å². The minimum Gasteiger partial charge on any atom is -0.457 e. The molecule has 1 saturated carbocycles.